The van der Waals surface area contributed by atoms with Crippen LogP contribution in [-0.4, -0.2) is 39.8 Å². The standard InChI is InChI=1S/C19H22N4O2/c24-18(20-10-11-22-12-13-23-17(22)6-9-21-23)19(7-14-25-15-8-19)16-4-2-1-3-5-16/h1-6,9,12-13H,7-8,10-11,14-15H2,(H,20,24). The Labute approximate surface area is 146 Å². The summed E-state index contributed by atoms with van der Waals surface area (Å²) in [4.78, 5) is 13.1. The average molecular weight is 338 g/mol. The van der Waals surface area contributed by atoms with Crippen LogP contribution in [0, 0.1) is 0 Å². The molecule has 3 heterocycles. The third kappa shape index (κ3) is 2.93. The molecule has 1 N–H and O–H groups in total. The molecule has 25 heavy (non-hydrogen) atoms. The number of benzene rings is 1. The zero-order chi connectivity index (χ0) is 17.1. The van der Waals surface area contributed by atoms with Crippen LogP contribution in [0.5, 0.6) is 0 Å². The Kier molecular flexibility index (Phi) is 4.28. The molecule has 4 rings (SSSR count). The maximum absolute atomic E-state index is 13.1. The molecule has 0 saturated carbocycles. The quantitative estimate of drug-likeness (QED) is 0.774. The second kappa shape index (κ2) is 6.72. The van der Waals surface area contributed by atoms with E-state index in [1.54, 1.807) is 6.20 Å². The van der Waals surface area contributed by atoms with Crippen molar-refractivity contribution >= 4 is 11.6 Å². The van der Waals surface area contributed by atoms with Crippen LogP contribution in [0.3, 0.4) is 0 Å². The molecule has 0 unspecified atom stereocenters. The first kappa shape index (κ1) is 15.9. The van der Waals surface area contributed by atoms with E-state index in [-0.39, 0.29) is 5.91 Å². The Bertz CT molecular complexity index is 847. The lowest BCUT2D eigenvalue weighted by molar-refractivity contribution is -0.130. The van der Waals surface area contributed by atoms with Crippen LogP contribution in [0.25, 0.3) is 5.65 Å². The Hall–Kier alpha value is -2.60. The van der Waals surface area contributed by atoms with Gasteiger partial charge in [-0.3, -0.25) is 4.79 Å². The van der Waals surface area contributed by atoms with E-state index >= 15 is 0 Å². The lowest BCUT2D eigenvalue weighted by Gasteiger charge is -2.36. The zero-order valence-corrected chi connectivity index (χ0v) is 14.1. The van der Waals surface area contributed by atoms with Crippen LogP contribution in [0.4, 0.5) is 0 Å². The van der Waals surface area contributed by atoms with Gasteiger partial charge < -0.3 is 14.6 Å². The normalized spacial score (nSPS) is 16.8. The minimum atomic E-state index is -0.484. The van der Waals surface area contributed by atoms with E-state index in [4.69, 9.17) is 4.74 Å². The second-order valence-electron chi connectivity index (χ2n) is 6.44. The van der Waals surface area contributed by atoms with Gasteiger partial charge in [0.2, 0.25) is 5.91 Å². The van der Waals surface area contributed by atoms with Crippen molar-refractivity contribution in [3.8, 4) is 0 Å². The number of imidazole rings is 1. The molecule has 0 radical (unpaired) electrons. The number of nitrogens with one attached hydrogen (secondary N) is 1. The number of ether oxygens (including phenoxy) is 1. The second-order valence-corrected chi connectivity index (χ2v) is 6.44. The van der Waals surface area contributed by atoms with E-state index in [1.165, 1.54) is 0 Å². The third-order valence-corrected chi connectivity index (χ3v) is 5.08. The maximum atomic E-state index is 13.1. The van der Waals surface area contributed by atoms with Crippen LogP contribution in [0.2, 0.25) is 0 Å². The number of amides is 1. The number of rotatable bonds is 5. The summed E-state index contributed by atoms with van der Waals surface area (Å²) < 4.78 is 9.42. The summed E-state index contributed by atoms with van der Waals surface area (Å²) in [6, 6.07) is 12.0. The number of fused-ring (bicyclic) bond motifs is 1. The van der Waals surface area contributed by atoms with Gasteiger partial charge in [0.15, 0.2) is 0 Å². The zero-order valence-electron chi connectivity index (χ0n) is 14.1. The van der Waals surface area contributed by atoms with Gasteiger partial charge in [0.25, 0.3) is 0 Å². The molecule has 6 nitrogen and oxygen atoms in total. The fourth-order valence-corrected chi connectivity index (χ4v) is 3.64. The number of hydrogen-bond acceptors (Lipinski definition) is 3. The summed E-state index contributed by atoms with van der Waals surface area (Å²) in [6.45, 7) is 2.55. The number of hydrogen-bond donors (Lipinski definition) is 1. The molecule has 0 aliphatic carbocycles. The molecule has 1 fully saturated rings. The van der Waals surface area contributed by atoms with Crippen LogP contribution in [-0.2, 0) is 21.5 Å². The summed E-state index contributed by atoms with van der Waals surface area (Å²) in [7, 11) is 0. The van der Waals surface area contributed by atoms with E-state index < -0.39 is 5.41 Å². The van der Waals surface area contributed by atoms with Gasteiger partial charge in [-0.1, -0.05) is 30.3 Å². The van der Waals surface area contributed by atoms with Crippen molar-refractivity contribution in [2.24, 2.45) is 0 Å². The predicted molar refractivity (Wildman–Crippen MR) is 94.4 cm³/mol. The molecule has 1 aliphatic heterocycles. The highest BCUT2D eigenvalue weighted by molar-refractivity contribution is 5.88. The van der Waals surface area contributed by atoms with E-state index in [0.717, 1.165) is 30.6 Å². The predicted octanol–water partition coefficient (Wildman–Crippen LogP) is 2.00. The molecule has 6 heteroatoms. The highest BCUT2D eigenvalue weighted by atomic mass is 16.5. The first-order valence-electron chi connectivity index (χ1n) is 8.70. The molecule has 1 aliphatic rings. The highest BCUT2D eigenvalue weighted by Gasteiger charge is 2.41. The Morgan fingerprint density at radius 1 is 1.16 bits per heavy atom. The van der Waals surface area contributed by atoms with Crippen molar-refractivity contribution in [1.29, 1.82) is 0 Å². The molecule has 1 amide bonds. The van der Waals surface area contributed by atoms with Crippen molar-refractivity contribution in [2.45, 2.75) is 24.8 Å². The number of nitrogens with zero attached hydrogens (tertiary/aromatic N) is 3. The summed E-state index contributed by atoms with van der Waals surface area (Å²) >= 11 is 0. The van der Waals surface area contributed by atoms with Crippen LogP contribution in [0.1, 0.15) is 18.4 Å². The van der Waals surface area contributed by atoms with Crippen molar-refractivity contribution in [3.05, 3.63) is 60.6 Å². The summed E-state index contributed by atoms with van der Waals surface area (Å²) in [5, 5.41) is 7.34. The Morgan fingerprint density at radius 3 is 2.76 bits per heavy atom. The Morgan fingerprint density at radius 2 is 1.96 bits per heavy atom. The molecule has 1 saturated heterocycles. The van der Waals surface area contributed by atoms with Crippen LogP contribution < -0.4 is 5.32 Å². The number of carbonyl (C=O) groups excluding carboxylic acids is 1. The topological polar surface area (TPSA) is 60.6 Å². The van der Waals surface area contributed by atoms with Gasteiger partial charge in [-0.05, 0) is 18.4 Å². The van der Waals surface area contributed by atoms with Gasteiger partial charge in [0, 0.05) is 44.8 Å². The fraction of sp³-hybridized carbons (Fsp3) is 0.368. The van der Waals surface area contributed by atoms with E-state index in [2.05, 4.69) is 15.0 Å². The van der Waals surface area contributed by atoms with E-state index in [0.29, 0.717) is 19.8 Å². The number of carbonyl (C=O) groups is 1. The van der Waals surface area contributed by atoms with Crippen LogP contribution in [0.15, 0.2) is 55.0 Å². The molecule has 3 aromatic rings. The molecular weight excluding hydrogens is 316 g/mol. The third-order valence-electron chi connectivity index (χ3n) is 5.08. The smallest absolute Gasteiger partial charge is 0.230 e. The van der Waals surface area contributed by atoms with Crippen LogP contribution >= 0.6 is 0 Å². The fourth-order valence-electron chi connectivity index (χ4n) is 3.64. The van der Waals surface area contributed by atoms with E-state index in [1.807, 2.05) is 53.3 Å². The maximum Gasteiger partial charge on any atom is 0.230 e. The van der Waals surface area contributed by atoms with Crippen molar-refractivity contribution in [3.63, 3.8) is 0 Å². The molecule has 1 aromatic carbocycles. The van der Waals surface area contributed by atoms with Gasteiger partial charge in [-0.15, -0.1) is 0 Å². The van der Waals surface area contributed by atoms with Gasteiger partial charge in [-0.2, -0.15) is 5.10 Å². The average Bonchev–Trinajstić information content (AvgIpc) is 3.28. The highest BCUT2D eigenvalue weighted by Crippen LogP contribution is 2.35. The van der Waals surface area contributed by atoms with Gasteiger partial charge >= 0.3 is 0 Å². The van der Waals surface area contributed by atoms with E-state index in [9.17, 15) is 4.79 Å². The minimum Gasteiger partial charge on any atom is -0.381 e. The summed E-state index contributed by atoms with van der Waals surface area (Å²) in [5.41, 5.74) is 1.62. The Balaban J connectivity index is 1.47. The van der Waals surface area contributed by atoms with Gasteiger partial charge in [0.1, 0.15) is 5.65 Å². The van der Waals surface area contributed by atoms with Crippen molar-refractivity contribution in [2.75, 3.05) is 19.8 Å². The van der Waals surface area contributed by atoms with Gasteiger partial charge in [-0.25, -0.2) is 4.52 Å². The van der Waals surface area contributed by atoms with Gasteiger partial charge in [0.05, 0.1) is 11.6 Å². The summed E-state index contributed by atoms with van der Waals surface area (Å²) in [5.74, 6) is 0.0960. The summed E-state index contributed by atoms with van der Waals surface area (Å²) in [6.07, 6.45) is 7.12. The lowest BCUT2D eigenvalue weighted by atomic mass is 9.73. The SMILES string of the molecule is O=C(NCCn1ccn2nccc12)C1(c2ccccc2)CCOCC1. The first-order valence-corrected chi connectivity index (χ1v) is 8.70. The lowest BCUT2D eigenvalue weighted by Crippen LogP contribution is -2.48. The molecule has 0 bridgehead atoms. The van der Waals surface area contributed by atoms with Crippen molar-refractivity contribution < 1.29 is 9.53 Å². The molecule has 0 atom stereocenters. The monoisotopic (exact) mass is 338 g/mol. The first-order chi connectivity index (χ1) is 12.3. The van der Waals surface area contributed by atoms with Crippen molar-refractivity contribution in [1.82, 2.24) is 19.5 Å². The molecular formula is C19H22N4O2. The minimum absolute atomic E-state index is 0.0960. The molecule has 130 valence electrons. The molecule has 0 spiro atoms. The largest absolute Gasteiger partial charge is 0.381 e. The molecule has 2 aromatic heterocycles. The number of aromatic nitrogens is 3.